The summed E-state index contributed by atoms with van der Waals surface area (Å²) < 4.78 is 0. The lowest BCUT2D eigenvalue weighted by molar-refractivity contribution is 0.250. The van der Waals surface area contributed by atoms with Gasteiger partial charge in [0.15, 0.2) is 0 Å². The van der Waals surface area contributed by atoms with Gasteiger partial charge in [-0.3, -0.25) is 0 Å². The second-order valence-corrected chi connectivity index (χ2v) is 2.25. The number of nitrogens with zero attached hydrogens (tertiary/aromatic N) is 1. The first-order chi connectivity index (χ1) is 3.80. The molecule has 1 aliphatic heterocycles. The fourth-order valence-corrected chi connectivity index (χ4v) is 0.732. The van der Waals surface area contributed by atoms with E-state index < -0.39 is 0 Å². The van der Waals surface area contributed by atoms with Gasteiger partial charge in [0.2, 0.25) is 0 Å². The Hall–Kier alpha value is -0.500. The SMILES string of the molecule is CC(C)N1C=CCN1. The van der Waals surface area contributed by atoms with Crippen LogP contribution in [0.4, 0.5) is 0 Å². The third kappa shape index (κ3) is 1.01. The average Bonchev–Trinajstić information content (AvgIpc) is 2.12. The molecule has 0 atom stereocenters. The van der Waals surface area contributed by atoms with E-state index >= 15 is 0 Å². The summed E-state index contributed by atoms with van der Waals surface area (Å²) >= 11 is 0. The molecular formula is C6H12N2. The van der Waals surface area contributed by atoms with E-state index in [1.807, 2.05) is 0 Å². The molecule has 0 saturated heterocycles. The van der Waals surface area contributed by atoms with Crippen LogP contribution in [0.2, 0.25) is 0 Å². The lowest BCUT2D eigenvalue weighted by atomic mass is 10.4. The lowest BCUT2D eigenvalue weighted by Crippen LogP contribution is -2.34. The van der Waals surface area contributed by atoms with Crippen LogP contribution in [0.3, 0.4) is 0 Å². The van der Waals surface area contributed by atoms with Crippen molar-refractivity contribution in [3.8, 4) is 0 Å². The summed E-state index contributed by atoms with van der Waals surface area (Å²) in [7, 11) is 0. The second kappa shape index (κ2) is 2.18. The van der Waals surface area contributed by atoms with E-state index in [1.54, 1.807) is 0 Å². The molecule has 0 spiro atoms. The molecule has 1 aliphatic rings. The van der Waals surface area contributed by atoms with Crippen molar-refractivity contribution in [1.29, 1.82) is 0 Å². The molecule has 0 fully saturated rings. The molecule has 1 N–H and O–H groups in total. The van der Waals surface area contributed by atoms with Crippen LogP contribution >= 0.6 is 0 Å². The van der Waals surface area contributed by atoms with Crippen molar-refractivity contribution < 1.29 is 0 Å². The highest BCUT2D eigenvalue weighted by Crippen LogP contribution is 1.97. The fourth-order valence-electron chi connectivity index (χ4n) is 0.732. The number of rotatable bonds is 1. The monoisotopic (exact) mass is 112 g/mol. The van der Waals surface area contributed by atoms with Gasteiger partial charge in [-0.1, -0.05) is 6.08 Å². The lowest BCUT2D eigenvalue weighted by Gasteiger charge is -2.19. The maximum absolute atomic E-state index is 3.18. The summed E-state index contributed by atoms with van der Waals surface area (Å²) in [6, 6.07) is 0.578. The summed E-state index contributed by atoms with van der Waals surface area (Å²) in [6.45, 7) is 5.30. The molecule has 2 heteroatoms. The van der Waals surface area contributed by atoms with Crippen LogP contribution in [-0.4, -0.2) is 17.6 Å². The smallest absolute Gasteiger partial charge is 0.0391 e. The minimum absolute atomic E-state index is 0.578. The van der Waals surface area contributed by atoms with Gasteiger partial charge in [0.1, 0.15) is 0 Å². The zero-order valence-corrected chi connectivity index (χ0v) is 5.39. The molecule has 1 heterocycles. The van der Waals surface area contributed by atoms with E-state index in [9.17, 15) is 0 Å². The number of nitrogens with one attached hydrogen (secondary N) is 1. The normalized spacial score (nSPS) is 18.6. The van der Waals surface area contributed by atoms with Crippen LogP contribution in [0.5, 0.6) is 0 Å². The molecule has 0 radical (unpaired) electrons. The van der Waals surface area contributed by atoms with Gasteiger partial charge in [0.25, 0.3) is 0 Å². The van der Waals surface area contributed by atoms with Crippen molar-refractivity contribution in [2.75, 3.05) is 6.54 Å². The first-order valence-electron chi connectivity index (χ1n) is 2.99. The van der Waals surface area contributed by atoms with E-state index in [0.29, 0.717) is 6.04 Å². The van der Waals surface area contributed by atoms with Crippen molar-refractivity contribution in [2.45, 2.75) is 19.9 Å². The van der Waals surface area contributed by atoms with Gasteiger partial charge >= 0.3 is 0 Å². The van der Waals surface area contributed by atoms with E-state index in [4.69, 9.17) is 0 Å². The van der Waals surface area contributed by atoms with E-state index in [0.717, 1.165) is 6.54 Å². The maximum Gasteiger partial charge on any atom is 0.0391 e. The summed E-state index contributed by atoms with van der Waals surface area (Å²) in [4.78, 5) is 0. The van der Waals surface area contributed by atoms with Crippen molar-refractivity contribution in [3.05, 3.63) is 12.3 Å². The molecule has 2 nitrogen and oxygen atoms in total. The molecule has 0 unspecified atom stereocenters. The summed E-state index contributed by atoms with van der Waals surface area (Å²) in [6.07, 6.45) is 4.19. The summed E-state index contributed by atoms with van der Waals surface area (Å²) in [5.74, 6) is 0. The van der Waals surface area contributed by atoms with Crippen LogP contribution in [-0.2, 0) is 0 Å². The van der Waals surface area contributed by atoms with Gasteiger partial charge < -0.3 is 5.01 Å². The third-order valence-electron chi connectivity index (χ3n) is 1.21. The van der Waals surface area contributed by atoms with Gasteiger partial charge in [0.05, 0.1) is 0 Å². The summed E-state index contributed by atoms with van der Waals surface area (Å²) in [5, 5.41) is 2.10. The van der Waals surface area contributed by atoms with Crippen LogP contribution in [0, 0.1) is 0 Å². The largest absolute Gasteiger partial charge is 0.313 e. The molecule has 0 aliphatic carbocycles. The molecule has 0 aromatic heterocycles. The molecule has 0 amide bonds. The highest BCUT2D eigenvalue weighted by atomic mass is 15.5. The van der Waals surface area contributed by atoms with E-state index in [-0.39, 0.29) is 0 Å². The predicted octanol–water partition coefficient (Wildman–Crippen LogP) is 0.729. The number of hydrogen-bond acceptors (Lipinski definition) is 2. The molecule has 0 aromatic rings. The standard InChI is InChI=1S/C6H12N2/c1-6(2)8-5-3-4-7-8/h3,5-7H,4H2,1-2H3. The Morgan fingerprint density at radius 1 is 1.62 bits per heavy atom. The first kappa shape index (κ1) is 5.63. The highest BCUT2D eigenvalue weighted by molar-refractivity contribution is 4.90. The molecular weight excluding hydrogens is 100 g/mol. The Balaban J connectivity index is 2.36. The van der Waals surface area contributed by atoms with Crippen LogP contribution < -0.4 is 5.43 Å². The summed E-state index contributed by atoms with van der Waals surface area (Å²) in [5.41, 5.74) is 3.18. The quantitative estimate of drug-likeness (QED) is 0.538. The Morgan fingerprint density at radius 2 is 2.38 bits per heavy atom. The molecule has 0 bridgehead atoms. The Morgan fingerprint density at radius 3 is 2.62 bits per heavy atom. The third-order valence-corrected chi connectivity index (χ3v) is 1.21. The van der Waals surface area contributed by atoms with E-state index in [2.05, 4.69) is 36.6 Å². The zero-order chi connectivity index (χ0) is 5.98. The van der Waals surface area contributed by atoms with Crippen LogP contribution in [0.25, 0.3) is 0 Å². The zero-order valence-electron chi connectivity index (χ0n) is 5.39. The fraction of sp³-hybridized carbons (Fsp3) is 0.667. The van der Waals surface area contributed by atoms with Crippen molar-refractivity contribution in [3.63, 3.8) is 0 Å². The van der Waals surface area contributed by atoms with Crippen molar-refractivity contribution >= 4 is 0 Å². The topological polar surface area (TPSA) is 15.3 Å². The minimum Gasteiger partial charge on any atom is -0.313 e. The molecule has 0 aromatic carbocycles. The van der Waals surface area contributed by atoms with Gasteiger partial charge in [0, 0.05) is 18.8 Å². The molecule has 8 heavy (non-hydrogen) atoms. The number of hydrazine groups is 1. The van der Waals surface area contributed by atoms with Gasteiger partial charge in [-0.05, 0) is 13.8 Å². The Bertz CT molecular complexity index is 96.7. The van der Waals surface area contributed by atoms with E-state index in [1.165, 1.54) is 0 Å². The predicted molar refractivity (Wildman–Crippen MR) is 34.1 cm³/mol. The Kier molecular flexibility index (Phi) is 1.53. The minimum atomic E-state index is 0.578. The first-order valence-corrected chi connectivity index (χ1v) is 2.99. The second-order valence-electron chi connectivity index (χ2n) is 2.25. The van der Waals surface area contributed by atoms with Gasteiger partial charge in [-0.2, -0.15) is 0 Å². The van der Waals surface area contributed by atoms with Gasteiger partial charge in [-0.25, -0.2) is 5.43 Å². The van der Waals surface area contributed by atoms with Crippen molar-refractivity contribution in [2.24, 2.45) is 0 Å². The molecule has 1 rings (SSSR count). The van der Waals surface area contributed by atoms with Gasteiger partial charge in [-0.15, -0.1) is 0 Å². The molecule has 46 valence electrons. The van der Waals surface area contributed by atoms with Crippen molar-refractivity contribution in [1.82, 2.24) is 10.4 Å². The van der Waals surface area contributed by atoms with Crippen LogP contribution in [0.15, 0.2) is 12.3 Å². The highest BCUT2D eigenvalue weighted by Gasteiger charge is 2.04. The Labute approximate surface area is 50.1 Å². The average molecular weight is 112 g/mol. The maximum atomic E-state index is 3.18. The van der Waals surface area contributed by atoms with Crippen LogP contribution in [0.1, 0.15) is 13.8 Å². The number of hydrogen-bond donors (Lipinski definition) is 1. The molecule has 0 saturated carbocycles.